The molecule has 4 aromatic rings. The van der Waals surface area contributed by atoms with Gasteiger partial charge in [0.05, 0.1) is 11.5 Å². The van der Waals surface area contributed by atoms with E-state index >= 15 is 0 Å². The Kier molecular flexibility index (Phi) is 8.86. The Hall–Kier alpha value is -3.91. The third-order valence-electron chi connectivity index (χ3n) is 6.62. The number of aromatic carboxylic acids is 1. The third kappa shape index (κ3) is 5.91. The molecule has 5 rings (SSSR count). The van der Waals surface area contributed by atoms with Crippen LogP contribution in [0, 0.1) is 0 Å². The standard InChI is InChI=1S/C29H28N2O5S.C2H6/c1-4-31-15-23(22-11-7-20(29(33)34)13-24(22)31)27(19-8-12-25-26(14-19)36-16-35-25)28(32)30-37-21-9-5-18(6-10-21)17(2)3;1-2/h5-15,17,27H,4,16H2,1-3H3,(H,30,32)(H,33,34);1-2H3. The summed E-state index contributed by atoms with van der Waals surface area (Å²) in [4.78, 5) is 26.3. The first-order valence-corrected chi connectivity index (χ1v) is 14.0. The smallest absolute Gasteiger partial charge is 0.335 e. The summed E-state index contributed by atoms with van der Waals surface area (Å²) in [6, 6.07) is 18.7. The lowest BCUT2D eigenvalue weighted by molar-refractivity contribution is -0.119. The Bertz CT molecular complexity index is 1480. The average Bonchev–Trinajstić information content (AvgIpc) is 3.57. The van der Waals surface area contributed by atoms with Crippen LogP contribution >= 0.6 is 11.9 Å². The Labute approximate surface area is 233 Å². The second-order valence-corrected chi connectivity index (χ2v) is 10.1. The van der Waals surface area contributed by atoms with Gasteiger partial charge in [-0.1, -0.05) is 52.0 Å². The van der Waals surface area contributed by atoms with Crippen LogP contribution in [0.4, 0.5) is 0 Å². The highest BCUT2D eigenvalue weighted by Gasteiger charge is 2.29. The quantitative estimate of drug-likeness (QED) is 0.227. The minimum atomic E-state index is -0.989. The van der Waals surface area contributed by atoms with Gasteiger partial charge in [-0.15, -0.1) is 0 Å². The summed E-state index contributed by atoms with van der Waals surface area (Å²) in [6.07, 6.45) is 1.94. The molecule has 0 bridgehead atoms. The van der Waals surface area contributed by atoms with E-state index in [4.69, 9.17) is 9.47 Å². The Morgan fingerprint density at radius 2 is 1.67 bits per heavy atom. The zero-order valence-electron chi connectivity index (χ0n) is 22.9. The molecule has 2 heterocycles. The van der Waals surface area contributed by atoms with Crippen LogP contribution in [-0.4, -0.2) is 28.3 Å². The Balaban J connectivity index is 0.00000172. The molecule has 1 amide bonds. The number of aryl methyl sites for hydroxylation is 1. The van der Waals surface area contributed by atoms with Crippen molar-refractivity contribution < 1.29 is 24.2 Å². The summed E-state index contributed by atoms with van der Waals surface area (Å²) < 4.78 is 16.1. The van der Waals surface area contributed by atoms with Crippen molar-refractivity contribution in [3.63, 3.8) is 0 Å². The van der Waals surface area contributed by atoms with E-state index in [2.05, 4.69) is 30.7 Å². The molecular formula is C31H34N2O5S. The number of nitrogens with zero attached hydrogens (tertiary/aromatic N) is 1. The molecule has 7 nitrogen and oxygen atoms in total. The number of carboxylic acids is 1. The van der Waals surface area contributed by atoms with Crippen LogP contribution in [0.15, 0.2) is 71.8 Å². The molecule has 1 aliphatic heterocycles. The van der Waals surface area contributed by atoms with E-state index in [0.717, 1.165) is 26.9 Å². The molecule has 1 aromatic heterocycles. The van der Waals surface area contributed by atoms with E-state index < -0.39 is 11.9 Å². The summed E-state index contributed by atoms with van der Waals surface area (Å²) in [6.45, 7) is 11.1. The number of rotatable bonds is 8. The van der Waals surface area contributed by atoms with Gasteiger partial charge in [-0.25, -0.2) is 4.79 Å². The first-order chi connectivity index (χ1) is 18.9. The maximum Gasteiger partial charge on any atom is 0.335 e. The SMILES string of the molecule is CC.CCn1cc(C(C(=O)NSc2ccc(C(C)C)cc2)c2ccc3c(c2)OCO3)c2ccc(C(=O)O)cc21. The average molecular weight is 547 g/mol. The van der Waals surface area contributed by atoms with Crippen molar-refractivity contribution in [3.05, 3.63) is 89.1 Å². The molecule has 39 heavy (non-hydrogen) atoms. The normalized spacial score (nSPS) is 12.7. The molecule has 204 valence electrons. The van der Waals surface area contributed by atoms with Crippen LogP contribution in [-0.2, 0) is 11.3 Å². The van der Waals surface area contributed by atoms with E-state index in [1.54, 1.807) is 18.2 Å². The number of hydrogen-bond donors (Lipinski definition) is 2. The first-order valence-electron chi connectivity index (χ1n) is 13.2. The summed E-state index contributed by atoms with van der Waals surface area (Å²) >= 11 is 1.28. The monoisotopic (exact) mass is 546 g/mol. The molecule has 0 radical (unpaired) electrons. The van der Waals surface area contributed by atoms with Crippen molar-refractivity contribution in [1.29, 1.82) is 0 Å². The van der Waals surface area contributed by atoms with E-state index in [9.17, 15) is 14.7 Å². The highest BCUT2D eigenvalue weighted by Crippen LogP contribution is 2.39. The summed E-state index contributed by atoms with van der Waals surface area (Å²) in [5.41, 5.74) is 3.77. The zero-order valence-corrected chi connectivity index (χ0v) is 23.7. The van der Waals surface area contributed by atoms with Crippen LogP contribution in [0.25, 0.3) is 10.9 Å². The molecule has 1 unspecified atom stereocenters. The molecule has 1 aliphatic rings. The largest absolute Gasteiger partial charge is 0.478 e. The molecule has 2 N–H and O–H groups in total. The van der Waals surface area contributed by atoms with Crippen molar-refractivity contribution in [1.82, 2.24) is 9.29 Å². The van der Waals surface area contributed by atoms with E-state index in [0.29, 0.717) is 24.0 Å². The van der Waals surface area contributed by atoms with Gasteiger partial charge in [0.15, 0.2) is 11.5 Å². The number of ether oxygens (including phenoxy) is 2. The fourth-order valence-electron chi connectivity index (χ4n) is 4.60. The number of hydrogen-bond acceptors (Lipinski definition) is 5. The van der Waals surface area contributed by atoms with Crippen molar-refractivity contribution >= 4 is 34.7 Å². The number of fused-ring (bicyclic) bond motifs is 2. The van der Waals surface area contributed by atoms with Crippen molar-refractivity contribution in [3.8, 4) is 11.5 Å². The molecule has 0 saturated heterocycles. The number of aromatic nitrogens is 1. The van der Waals surface area contributed by atoms with Crippen LogP contribution in [0.2, 0.25) is 0 Å². The number of carboxylic acid groups (broad SMARTS) is 1. The van der Waals surface area contributed by atoms with Gasteiger partial charge in [-0.2, -0.15) is 0 Å². The number of benzene rings is 3. The summed E-state index contributed by atoms with van der Waals surface area (Å²) in [7, 11) is 0. The van der Waals surface area contributed by atoms with Gasteiger partial charge in [0, 0.05) is 28.5 Å². The van der Waals surface area contributed by atoms with Crippen molar-refractivity contribution in [2.24, 2.45) is 0 Å². The Morgan fingerprint density at radius 3 is 2.33 bits per heavy atom. The molecule has 0 fully saturated rings. The molecule has 0 saturated carbocycles. The van der Waals surface area contributed by atoms with E-state index in [1.165, 1.54) is 17.5 Å². The van der Waals surface area contributed by atoms with E-state index in [-0.39, 0.29) is 18.3 Å². The van der Waals surface area contributed by atoms with Gasteiger partial charge in [-0.05, 0) is 77.9 Å². The Morgan fingerprint density at radius 1 is 0.974 bits per heavy atom. The van der Waals surface area contributed by atoms with Gasteiger partial charge >= 0.3 is 5.97 Å². The van der Waals surface area contributed by atoms with Crippen LogP contribution < -0.4 is 14.2 Å². The predicted octanol–water partition coefficient (Wildman–Crippen LogP) is 7.19. The molecule has 0 aliphatic carbocycles. The van der Waals surface area contributed by atoms with Gasteiger partial charge < -0.3 is 19.1 Å². The summed E-state index contributed by atoms with van der Waals surface area (Å²) in [5, 5.41) is 10.3. The first kappa shape index (κ1) is 28.1. The van der Waals surface area contributed by atoms with Crippen molar-refractivity contribution in [2.75, 3.05) is 6.79 Å². The maximum absolute atomic E-state index is 13.8. The highest BCUT2D eigenvalue weighted by atomic mass is 32.2. The predicted molar refractivity (Wildman–Crippen MR) is 155 cm³/mol. The van der Waals surface area contributed by atoms with Gasteiger partial charge in [-0.3, -0.25) is 9.52 Å². The zero-order chi connectivity index (χ0) is 28.1. The topological polar surface area (TPSA) is 89.8 Å². The number of amides is 1. The lowest BCUT2D eigenvalue weighted by atomic mass is 9.90. The maximum atomic E-state index is 13.8. The van der Waals surface area contributed by atoms with Crippen LogP contribution in [0.3, 0.4) is 0 Å². The van der Waals surface area contributed by atoms with Crippen LogP contribution in [0.5, 0.6) is 11.5 Å². The van der Waals surface area contributed by atoms with Crippen LogP contribution in [0.1, 0.15) is 73.5 Å². The minimum Gasteiger partial charge on any atom is -0.478 e. The lowest BCUT2D eigenvalue weighted by Crippen LogP contribution is -2.25. The number of carbonyl (C=O) groups excluding carboxylic acids is 1. The van der Waals surface area contributed by atoms with Gasteiger partial charge in [0.2, 0.25) is 12.7 Å². The van der Waals surface area contributed by atoms with Gasteiger partial charge in [0.25, 0.3) is 0 Å². The molecule has 3 aromatic carbocycles. The highest BCUT2D eigenvalue weighted by molar-refractivity contribution is 7.98. The van der Waals surface area contributed by atoms with E-state index in [1.807, 2.05) is 61.9 Å². The number of nitrogens with one attached hydrogen (secondary N) is 1. The molecule has 0 spiro atoms. The fourth-order valence-corrected chi connectivity index (χ4v) is 5.21. The fraction of sp³-hybridized carbons (Fsp3) is 0.290. The molecule has 8 heteroatoms. The third-order valence-corrected chi connectivity index (χ3v) is 7.43. The number of carbonyl (C=O) groups is 2. The lowest BCUT2D eigenvalue weighted by Gasteiger charge is -2.17. The molecule has 1 atom stereocenters. The summed E-state index contributed by atoms with van der Waals surface area (Å²) in [5.74, 6) is -0.153. The minimum absolute atomic E-state index is 0.144. The second-order valence-electron chi connectivity index (χ2n) is 9.25. The van der Waals surface area contributed by atoms with Gasteiger partial charge in [0.1, 0.15) is 0 Å². The molecular weight excluding hydrogens is 512 g/mol. The second kappa shape index (κ2) is 12.3. The van der Waals surface area contributed by atoms with Crippen molar-refractivity contribution in [2.45, 2.75) is 57.9 Å².